The topological polar surface area (TPSA) is 88.3 Å². The maximum Gasteiger partial charge on any atom is 0.285 e. The van der Waals surface area contributed by atoms with Gasteiger partial charge < -0.3 is 14.7 Å². The number of nitrogens with one attached hydrogen (secondary N) is 1. The van der Waals surface area contributed by atoms with E-state index in [9.17, 15) is 9.59 Å². The fraction of sp³-hybridized carbons (Fsp3) is 0.167. The van der Waals surface area contributed by atoms with Gasteiger partial charge in [0.2, 0.25) is 0 Å². The van der Waals surface area contributed by atoms with Crippen LogP contribution in [0.1, 0.15) is 21.6 Å². The molecule has 0 fully saturated rings. The maximum atomic E-state index is 13.2. The number of benzene rings is 2. The molecule has 162 valence electrons. The van der Waals surface area contributed by atoms with Crippen LogP contribution in [0.2, 0.25) is 0 Å². The predicted octanol–water partition coefficient (Wildman–Crippen LogP) is 5.53. The molecular formula is C24H22N4O3S. The minimum atomic E-state index is -0.290. The van der Waals surface area contributed by atoms with Gasteiger partial charge in [-0.05, 0) is 55.9 Å². The number of anilines is 1. The number of thioether (sulfide) groups is 1. The zero-order valence-electron chi connectivity index (χ0n) is 18.2. The molecule has 0 spiro atoms. The first-order valence-electron chi connectivity index (χ1n) is 9.96. The van der Waals surface area contributed by atoms with E-state index in [4.69, 9.17) is 4.52 Å². The largest absolute Gasteiger partial charge is 0.339 e. The summed E-state index contributed by atoms with van der Waals surface area (Å²) in [6, 6.07) is 16.8. The van der Waals surface area contributed by atoms with Crippen LogP contribution in [-0.4, -0.2) is 40.3 Å². The lowest BCUT2D eigenvalue weighted by molar-refractivity contribution is 0.102. The molecule has 2 amide bonds. The molecule has 0 aliphatic heterocycles. The van der Waals surface area contributed by atoms with E-state index in [0.717, 1.165) is 27.8 Å². The first kappa shape index (κ1) is 21.6. The standard InChI is InChI=1S/C24H22N4O3S/c1-14-5-7-16(8-6-14)20-13-19(21-15(2)27-31-23(21)26-20)22(29)25-17-9-11-18(12-10-17)32-24(30)28(3)4/h5-13H,1-4H3,(H,25,29). The van der Waals surface area contributed by atoms with E-state index in [1.807, 2.05) is 31.2 Å². The van der Waals surface area contributed by atoms with Gasteiger partial charge in [-0.15, -0.1) is 0 Å². The van der Waals surface area contributed by atoms with Crippen LogP contribution in [0.5, 0.6) is 0 Å². The van der Waals surface area contributed by atoms with Crippen molar-refractivity contribution < 1.29 is 14.1 Å². The average molecular weight is 447 g/mol. The van der Waals surface area contributed by atoms with Crippen molar-refractivity contribution in [3.05, 3.63) is 71.4 Å². The Balaban J connectivity index is 1.63. The number of hydrogen-bond donors (Lipinski definition) is 1. The summed E-state index contributed by atoms with van der Waals surface area (Å²) >= 11 is 1.13. The molecule has 0 atom stereocenters. The van der Waals surface area contributed by atoms with Gasteiger partial charge in [-0.1, -0.05) is 35.0 Å². The van der Waals surface area contributed by atoms with Gasteiger partial charge in [-0.2, -0.15) is 0 Å². The molecule has 4 aromatic rings. The summed E-state index contributed by atoms with van der Waals surface area (Å²) in [5.74, 6) is -0.290. The van der Waals surface area contributed by atoms with Gasteiger partial charge in [0, 0.05) is 30.2 Å². The number of fused-ring (bicyclic) bond motifs is 1. The number of rotatable bonds is 4. The number of hydrogen-bond acceptors (Lipinski definition) is 6. The predicted molar refractivity (Wildman–Crippen MR) is 126 cm³/mol. The molecule has 4 rings (SSSR count). The zero-order chi connectivity index (χ0) is 22.8. The molecule has 0 bridgehead atoms. The number of aromatic nitrogens is 2. The number of amides is 2. The monoisotopic (exact) mass is 446 g/mol. The molecule has 0 aliphatic rings. The summed E-state index contributed by atoms with van der Waals surface area (Å²) in [7, 11) is 3.41. The zero-order valence-corrected chi connectivity index (χ0v) is 19.0. The second-order valence-corrected chi connectivity index (χ2v) is 8.63. The van der Waals surface area contributed by atoms with Gasteiger partial charge in [0.25, 0.3) is 16.9 Å². The number of pyridine rings is 1. The number of nitrogens with zero attached hydrogens (tertiary/aromatic N) is 3. The van der Waals surface area contributed by atoms with Gasteiger partial charge in [0.1, 0.15) is 0 Å². The third-order valence-corrected chi connectivity index (χ3v) is 5.94. The van der Waals surface area contributed by atoms with Gasteiger partial charge in [-0.3, -0.25) is 9.59 Å². The number of carbonyl (C=O) groups is 2. The third kappa shape index (κ3) is 4.50. The highest BCUT2D eigenvalue weighted by Gasteiger charge is 2.19. The summed E-state index contributed by atoms with van der Waals surface area (Å²) < 4.78 is 5.37. The molecule has 7 nitrogen and oxygen atoms in total. The number of aryl methyl sites for hydroxylation is 2. The first-order valence-corrected chi connectivity index (χ1v) is 10.8. The molecule has 0 unspecified atom stereocenters. The molecule has 1 N–H and O–H groups in total. The van der Waals surface area contributed by atoms with E-state index in [-0.39, 0.29) is 11.1 Å². The molecule has 2 heterocycles. The molecule has 2 aromatic carbocycles. The SMILES string of the molecule is Cc1ccc(-c2cc(C(=O)Nc3ccc(SC(=O)N(C)C)cc3)c3c(C)noc3n2)cc1. The van der Waals surface area contributed by atoms with E-state index in [1.54, 1.807) is 51.4 Å². The van der Waals surface area contributed by atoms with Crippen LogP contribution in [0, 0.1) is 13.8 Å². The van der Waals surface area contributed by atoms with Crippen LogP contribution in [0.25, 0.3) is 22.4 Å². The molecular weight excluding hydrogens is 424 g/mol. The van der Waals surface area contributed by atoms with Crippen LogP contribution in [0.4, 0.5) is 10.5 Å². The van der Waals surface area contributed by atoms with Crippen molar-refractivity contribution in [3.63, 3.8) is 0 Å². The average Bonchev–Trinajstić information content (AvgIpc) is 3.15. The fourth-order valence-electron chi connectivity index (χ4n) is 3.14. The van der Waals surface area contributed by atoms with Crippen LogP contribution in [0.15, 0.2) is 64.0 Å². The first-order chi connectivity index (χ1) is 15.3. The second-order valence-electron chi connectivity index (χ2n) is 7.61. The van der Waals surface area contributed by atoms with Gasteiger partial charge in [0.05, 0.1) is 22.3 Å². The molecule has 0 saturated heterocycles. The van der Waals surface area contributed by atoms with Crippen LogP contribution in [-0.2, 0) is 0 Å². The van der Waals surface area contributed by atoms with Crippen molar-refractivity contribution in [2.75, 3.05) is 19.4 Å². The molecule has 2 aromatic heterocycles. The van der Waals surface area contributed by atoms with Crippen LogP contribution in [0.3, 0.4) is 0 Å². The lowest BCUT2D eigenvalue weighted by atomic mass is 10.0. The normalized spacial score (nSPS) is 10.9. The summed E-state index contributed by atoms with van der Waals surface area (Å²) in [6.07, 6.45) is 0. The molecule has 0 radical (unpaired) electrons. The summed E-state index contributed by atoms with van der Waals surface area (Å²) in [6.45, 7) is 3.79. The maximum absolute atomic E-state index is 13.2. The minimum absolute atomic E-state index is 0.0625. The van der Waals surface area contributed by atoms with Crippen molar-refractivity contribution in [3.8, 4) is 11.3 Å². The van der Waals surface area contributed by atoms with Crippen molar-refractivity contribution in [2.24, 2.45) is 0 Å². The van der Waals surface area contributed by atoms with Crippen molar-refractivity contribution in [2.45, 2.75) is 18.7 Å². The Morgan fingerprint density at radius 3 is 2.34 bits per heavy atom. The van der Waals surface area contributed by atoms with Crippen molar-refractivity contribution in [1.29, 1.82) is 0 Å². The fourth-order valence-corrected chi connectivity index (χ4v) is 3.80. The third-order valence-electron chi connectivity index (χ3n) is 4.89. The highest BCUT2D eigenvalue weighted by molar-refractivity contribution is 8.13. The number of carbonyl (C=O) groups excluding carboxylic acids is 2. The van der Waals surface area contributed by atoms with E-state index >= 15 is 0 Å². The molecule has 0 saturated carbocycles. The highest BCUT2D eigenvalue weighted by Crippen LogP contribution is 2.28. The summed E-state index contributed by atoms with van der Waals surface area (Å²) in [5, 5.41) is 7.43. The van der Waals surface area contributed by atoms with Crippen molar-refractivity contribution in [1.82, 2.24) is 15.0 Å². The van der Waals surface area contributed by atoms with Gasteiger partial charge in [0.15, 0.2) is 0 Å². The Morgan fingerprint density at radius 2 is 1.69 bits per heavy atom. The molecule has 32 heavy (non-hydrogen) atoms. The van der Waals surface area contributed by atoms with Crippen LogP contribution < -0.4 is 5.32 Å². The Kier molecular flexibility index (Phi) is 5.96. The Hall–Kier alpha value is -3.65. The highest BCUT2D eigenvalue weighted by atomic mass is 32.2. The van der Waals surface area contributed by atoms with Crippen LogP contribution >= 0.6 is 11.8 Å². The van der Waals surface area contributed by atoms with Gasteiger partial charge in [-0.25, -0.2) is 4.98 Å². The smallest absolute Gasteiger partial charge is 0.285 e. The Labute approximate surface area is 189 Å². The lowest BCUT2D eigenvalue weighted by Gasteiger charge is -2.10. The van der Waals surface area contributed by atoms with E-state index in [1.165, 1.54) is 4.90 Å². The Bertz CT molecular complexity index is 1300. The quantitative estimate of drug-likeness (QED) is 0.415. The molecule has 8 heteroatoms. The Morgan fingerprint density at radius 1 is 1.00 bits per heavy atom. The summed E-state index contributed by atoms with van der Waals surface area (Å²) in [5.41, 5.74) is 4.62. The molecule has 0 aliphatic carbocycles. The van der Waals surface area contributed by atoms with E-state index in [0.29, 0.717) is 33.7 Å². The second kappa shape index (κ2) is 8.84. The lowest BCUT2D eigenvalue weighted by Crippen LogP contribution is -2.16. The minimum Gasteiger partial charge on any atom is -0.339 e. The van der Waals surface area contributed by atoms with E-state index in [2.05, 4.69) is 15.5 Å². The van der Waals surface area contributed by atoms with Crippen molar-refractivity contribution >= 4 is 39.7 Å². The van der Waals surface area contributed by atoms with Gasteiger partial charge >= 0.3 is 0 Å². The summed E-state index contributed by atoms with van der Waals surface area (Å²) in [4.78, 5) is 31.9. The van der Waals surface area contributed by atoms with E-state index < -0.39 is 0 Å².